The maximum absolute atomic E-state index is 12.6. The second-order valence-corrected chi connectivity index (χ2v) is 6.69. The lowest BCUT2D eigenvalue weighted by molar-refractivity contribution is -0.152. The van der Waals surface area contributed by atoms with E-state index in [0.717, 1.165) is 24.0 Å². The SMILES string of the molecule is CCOC(=O)C(Cc1ccccc1CCCCl)C(O)c1ccccc1OC. The summed E-state index contributed by atoms with van der Waals surface area (Å²) in [7, 11) is 1.55. The lowest BCUT2D eigenvalue weighted by Crippen LogP contribution is -2.27. The van der Waals surface area contributed by atoms with Gasteiger partial charge in [0, 0.05) is 11.4 Å². The Morgan fingerprint density at radius 3 is 2.44 bits per heavy atom. The number of aliphatic hydroxyl groups is 1. The van der Waals surface area contributed by atoms with Gasteiger partial charge in [-0.25, -0.2) is 0 Å². The molecule has 0 fully saturated rings. The first-order chi connectivity index (χ1) is 13.1. The van der Waals surface area contributed by atoms with Crippen molar-refractivity contribution in [1.82, 2.24) is 0 Å². The van der Waals surface area contributed by atoms with Crippen molar-refractivity contribution >= 4 is 17.6 Å². The minimum atomic E-state index is -1.03. The Balaban J connectivity index is 2.34. The molecule has 2 aromatic rings. The Hall–Kier alpha value is -2.04. The molecule has 0 aliphatic rings. The van der Waals surface area contributed by atoms with E-state index in [4.69, 9.17) is 21.1 Å². The first-order valence-electron chi connectivity index (χ1n) is 9.22. The second kappa shape index (κ2) is 11.0. The standard InChI is InChI=1S/C22H27ClO4/c1-3-27-22(25)19(21(24)18-12-6-7-13-20(18)26-2)15-17-10-5-4-9-16(17)11-8-14-23/h4-7,9-10,12-13,19,21,24H,3,8,11,14-15H2,1-2H3. The summed E-state index contributed by atoms with van der Waals surface area (Å²) >= 11 is 5.84. The predicted molar refractivity (Wildman–Crippen MR) is 107 cm³/mol. The average Bonchev–Trinajstić information content (AvgIpc) is 2.70. The van der Waals surface area contributed by atoms with Crippen LogP contribution in [0.5, 0.6) is 5.75 Å². The van der Waals surface area contributed by atoms with E-state index >= 15 is 0 Å². The van der Waals surface area contributed by atoms with Crippen molar-refractivity contribution in [3.8, 4) is 5.75 Å². The second-order valence-electron chi connectivity index (χ2n) is 6.31. The Morgan fingerprint density at radius 1 is 1.11 bits per heavy atom. The van der Waals surface area contributed by atoms with Gasteiger partial charge in [-0.15, -0.1) is 11.6 Å². The molecule has 2 rings (SSSR count). The maximum atomic E-state index is 12.6. The number of aliphatic hydroxyl groups excluding tert-OH is 1. The average molecular weight is 391 g/mol. The van der Waals surface area contributed by atoms with E-state index < -0.39 is 18.0 Å². The zero-order valence-corrected chi connectivity index (χ0v) is 16.6. The molecule has 0 aromatic heterocycles. The van der Waals surface area contributed by atoms with Gasteiger partial charge < -0.3 is 14.6 Å². The number of carbonyl (C=O) groups is 1. The Morgan fingerprint density at radius 2 is 1.78 bits per heavy atom. The summed E-state index contributed by atoms with van der Waals surface area (Å²) in [4.78, 5) is 12.6. The van der Waals surface area contributed by atoms with Crippen molar-refractivity contribution < 1.29 is 19.4 Å². The fourth-order valence-electron chi connectivity index (χ4n) is 3.20. The van der Waals surface area contributed by atoms with Gasteiger partial charge in [0.1, 0.15) is 5.75 Å². The number of benzene rings is 2. The smallest absolute Gasteiger partial charge is 0.312 e. The van der Waals surface area contributed by atoms with Crippen LogP contribution in [0.25, 0.3) is 0 Å². The summed E-state index contributed by atoms with van der Waals surface area (Å²) in [5.41, 5.74) is 2.74. The van der Waals surface area contributed by atoms with Crippen LogP contribution in [0.3, 0.4) is 0 Å². The van der Waals surface area contributed by atoms with Crippen molar-refractivity contribution in [2.45, 2.75) is 32.3 Å². The zero-order valence-electron chi connectivity index (χ0n) is 15.9. The third kappa shape index (κ3) is 5.72. The molecule has 27 heavy (non-hydrogen) atoms. The molecular formula is C22H27ClO4. The van der Waals surface area contributed by atoms with Gasteiger partial charge in [0.25, 0.3) is 0 Å². The normalized spacial score (nSPS) is 13.0. The largest absolute Gasteiger partial charge is 0.496 e. The summed E-state index contributed by atoms with van der Waals surface area (Å²) in [6.07, 6.45) is 1.05. The Kier molecular flexibility index (Phi) is 8.62. The number of aryl methyl sites for hydroxylation is 1. The van der Waals surface area contributed by atoms with Crippen LogP contribution in [0.4, 0.5) is 0 Å². The fourth-order valence-corrected chi connectivity index (χ4v) is 3.33. The van der Waals surface area contributed by atoms with Gasteiger partial charge in [-0.3, -0.25) is 4.79 Å². The van der Waals surface area contributed by atoms with Gasteiger partial charge in [0.05, 0.1) is 25.7 Å². The number of methoxy groups -OCH3 is 1. The monoisotopic (exact) mass is 390 g/mol. The highest BCUT2D eigenvalue weighted by molar-refractivity contribution is 6.17. The molecule has 2 atom stereocenters. The predicted octanol–water partition coefficient (Wildman–Crippen LogP) is 4.32. The van der Waals surface area contributed by atoms with Crippen LogP contribution >= 0.6 is 11.6 Å². The van der Waals surface area contributed by atoms with Crippen molar-refractivity contribution in [3.63, 3.8) is 0 Å². The van der Waals surface area contributed by atoms with Crippen molar-refractivity contribution in [3.05, 3.63) is 65.2 Å². The van der Waals surface area contributed by atoms with Gasteiger partial charge >= 0.3 is 5.97 Å². The molecule has 4 nitrogen and oxygen atoms in total. The number of halogens is 1. The van der Waals surface area contributed by atoms with Crippen LogP contribution in [0, 0.1) is 5.92 Å². The molecule has 2 aromatic carbocycles. The van der Waals surface area contributed by atoms with E-state index in [-0.39, 0.29) is 6.61 Å². The van der Waals surface area contributed by atoms with E-state index in [1.165, 1.54) is 0 Å². The van der Waals surface area contributed by atoms with Crippen molar-refractivity contribution in [2.24, 2.45) is 5.92 Å². The number of carbonyl (C=O) groups excluding carboxylic acids is 1. The number of para-hydroxylation sites is 1. The summed E-state index contributed by atoms with van der Waals surface area (Å²) in [6, 6.07) is 15.1. The molecule has 0 aliphatic heterocycles. The topological polar surface area (TPSA) is 55.8 Å². The van der Waals surface area contributed by atoms with E-state index in [0.29, 0.717) is 23.6 Å². The third-order valence-electron chi connectivity index (χ3n) is 4.57. The quantitative estimate of drug-likeness (QED) is 0.484. The summed E-state index contributed by atoms with van der Waals surface area (Å²) in [6.45, 7) is 2.03. The van der Waals surface area contributed by atoms with Gasteiger partial charge in [-0.05, 0) is 43.4 Å². The van der Waals surface area contributed by atoms with Crippen LogP contribution in [-0.4, -0.2) is 30.7 Å². The molecule has 0 aliphatic carbocycles. The molecule has 0 bridgehead atoms. The van der Waals surface area contributed by atoms with Crippen LogP contribution in [-0.2, 0) is 22.4 Å². The van der Waals surface area contributed by atoms with Gasteiger partial charge in [0.2, 0.25) is 0 Å². The van der Waals surface area contributed by atoms with Gasteiger partial charge in [0.15, 0.2) is 0 Å². The lowest BCUT2D eigenvalue weighted by Gasteiger charge is -2.24. The molecule has 0 radical (unpaired) electrons. The van der Waals surface area contributed by atoms with Gasteiger partial charge in [-0.1, -0.05) is 42.5 Å². The highest BCUT2D eigenvalue weighted by atomic mass is 35.5. The lowest BCUT2D eigenvalue weighted by atomic mass is 9.87. The molecule has 146 valence electrons. The molecular weight excluding hydrogens is 364 g/mol. The van der Waals surface area contributed by atoms with Crippen molar-refractivity contribution in [1.29, 1.82) is 0 Å². The molecule has 0 saturated carbocycles. The third-order valence-corrected chi connectivity index (χ3v) is 4.83. The first kappa shape index (κ1) is 21.3. The van der Waals surface area contributed by atoms with E-state index in [1.54, 1.807) is 26.2 Å². The highest BCUT2D eigenvalue weighted by Crippen LogP contribution is 2.33. The first-order valence-corrected chi connectivity index (χ1v) is 9.76. The van der Waals surface area contributed by atoms with E-state index in [1.807, 2.05) is 36.4 Å². The maximum Gasteiger partial charge on any atom is 0.312 e. The number of ether oxygens (including phenoxy) is 2. The number of rotatable bonds is 10. The minimum absolute atomic E-state index is 0.266. The van der Waals surface area contributed by atoms with E-state index in [2.05, 4.69) is 0 Å². The molecule has 0 saturated heterocycles. The van der Waals surface area contributed by atoms with Crippen molar-refractivity contribution in [2.75, 3.05) is 19.6 Å². The minimum Gasteiger partial charge on any atom is -0.496 e. The van der Waals surface area contributed by atoms with Crippen LogP contribution in [0.1, 0.15) is 36.1 Å². The Labute approximate surface area is 166 Å². The number of esters is 1. The van der Waals surface area contributed by atoms with Crippen LogP contribution < -0.4 is 4.74 Å². The number of hydrogen-bond acceptors (Lipinski definition) is 4. The highest BCUT2D eigenvalue weighted by Gasteiger charge is 2.31. The summed E-state index contributed by atoms with van der Waals surface area (Å²) < 4.78 is 10.6. The summed E-state index contributed by atoms with van der Waals surface area (Å²) in [5.74, 6) is -0.00406. The number of hydrogen-bond donors (Lipinski definition) is 1. The molecule has 2 unspecified atom stereocenters. The molecule has 0 amide bonds. The van der Waals surface area contributed by atoms with E-state index in [9.17, 15) is 9.90 Å². The number of alkyl halides is 1. The Bertz CT molecular complexity index is 732. The zero-order chi connectivity index (χ0) is 19.6. The van der Waals surface area contributed by atoms with Gasteiger partial charge in [-0.2, -0.15) is 0 Å². The molecule has 0 spiro atoms. The van der Waals surface area contributed by atoms with Crippen LogP contribution in [0.15, 0.2) is 48.5 Å². The molecule has 0 heterocycles. The van der Waals surface area contributed by atoms with Crippen LogP contribution in [0.2, 0.25) is 0 Å². The molecule has 1 N–H and O–H groups in total. The summed E-state index contributed by atoms with van der Waals surface area (Å²) in [5, 5.41) is 11.0. The molecule has 5 heteroatoms. The fraction of sp³-hybridized carbons (Fsp3) is 0.409.